The van der Waals surface area contributed by atoms with Crippen LogP contribution in [-0.2, 0) is 6.54 Å². The molecule has 3 rings (SSSR count). The summed E-state index contributed by atoms with van der Waals surface area (Å²) in [4.78, 5) is 20.6. The first kappa shape index (κ1) is 15.7. The molecule has 2 N–H and O–H groups in total. The molecule has 0 atom stereocenters. The van der Waals surface area contributed by atoms with Gasteiger partial charge in [0, 0.05) is 24.6 Å². The monoisotopic (exact) mass is 318 g/mol. The summed E-state index contributed by atoms with van der Waals surface area (Å²) in [6, 6.07) is 17.6. The van der Waals surface area contributed by atoms with Gasteiger partial charge in [0.05, 0.1) is 5.56 Å². The van der Waals surface area contributed by atoms with Gasteiger partial charge in [0.25, 0.3) is 5.91 Å². The van der Waals surface area contributed by atoms with Crippen LogP contribution in [0.5, 0.6) is 0 Å². The normalized spacial score (nSPS) is 10.2. The fraction of sp³-hybridized carbons (Fsp3) is 0.105. The summed E-state index contributed by atoms with van der Waals surface area (Å²) in [5, 5.41) is 6.00. The van der Waals surface area contributed by atoms with E-state index in [0.29, 0.717) is 18.1 Å². The van der Waals surface area contributed by atoms with E-state index in [4.69, 9.17) is 0 Å². The molecule has 0 aliphatic rings. The minimum absolute atomic E-state index is 0.223. The molecule has 0 saturated heterocycles. The van der Waals surface area contributed by atoms with E-state index >= 15 is 0 Å². The minimum atomic E-state index is -0.223. The highest BCUT2D eigenvalue weighted by Gasteiger charge is 2.08. The van der Waals surface area contributed by atoms with Gasteiger partial charge in [-0.1, -0.05) is 48.5 Å². The van der Waals surface area contributed by atoms with Gasteiger partial charge in [-0.15, -0.1) is 0 Å². The zero-order chi connectivity index (χ0) is 16.8. The number of carbonyl (C=O) groups excluding carboxylic acids is 1. The van der Waals surface area contributed by atoms with Crippen LogP contribution in [0, 0.1) is 6.92 Å². The Morgan fingerprint density at radius 3 is 2.33 bits per heavy atom. The number of anilines is 2. The van der Waals surface area contributed by atoms with E-state index in [0.717, 1.165) is 16.8 Å². The number of hydrogen-bond acceptors (Lipinski definition) is 4. The third-order valence-electron chi connectivity index (χ3n) is 3.60. The Morgan fingerprint density at radius 1 is 0.958 bits per heavy atom. The summed E-state index contributed by atoms with van der Waals surface area (Å²) in [6.45, 7) is 2.58. The van der Waals surface area contributed by atoms with Crippen molar-refractivity contribution in [1.29, 1.82) is 0 Å². The Morgan fingerprint density at radius 2 is 1.62 bits per heavy atom. The van der Waals surface area contributed by atoms with Crippen molar-refractivity contribution in [3.05, 3.63) is 83.7 Å². The summed E-state index contributed by atoms with van der Waals surface area (Å²) >= 11 is 0. The highest BCUT2D eigenvalue weighted by atomic mass is 16.1. The lowest BCUT2D eigenvalue weighted by Gasteiger charge is -2.08. The van der Waals surface area contributed by atoms with E-state index < -0.39 is 0 Å². The third-order valence-corrected chi connectivity index (χ3v) is 3.60. The van der Waals surface area contributed by atoms with Gasteiger partial charge in [-0.3, -0.25) is 4.79 Å². The number of para-hydroxylation sites is 1. The molecule has 2 aromatic carbocycles. The maximum absolute atomic E-state index is 12.2. The van der Waals surface area contributed by atoms with Crippen molar-refractivity contribution in [2.45, 2.75) is 13.5 Å². The first-order chi connectivity index (χ1) is 11.7. The van der Waals surface area contributed by atoms with Crippen LogP contribution in [0.4, 0.5) is 11.6 Å². The molecule has 0 unspecified atom stereocenters. The van der Waals surface area contributed by atoms with E-state index in [9.17, 15) is 4.79 Å². The minimum Gasteiger partial charge on any atom is -0.350 e. The van der Waals surface area contributed by atoms with Gasteiger partial charge < -0.3 is 10.6 Å². The molecule has 1 heterocycles. The van der Waals surface area contributed by atoms with Crippen LogP contribution in [0.2, 0.25) is 0 Å². The van der Waals surface area contributed by atoms with Crippen LogP contribution in [0.1, 0.15) is 21.5 Å². The van der Waals surface area contributed by atoms with Crippen LogP contribution in [0.3, 0.4) is 0 Å². The molecule has 1 aromatic heterocycles. The second-order valence-electron chi connectivity index (χ2n) is 5.40. The predicted molar refractivity (Wildman–Crippen MR) is 94.9 cm³/mol. The molecule has 5 heteroatoms. The molecule has 24 heavy (non-hydrogen) atoms. The van der Waals surface area contributed by atoms with Gasteiger partial charge in [-0.25, -0.2) is 9.97 Å². The van der Waals surface area contributed by atoms with Crippen LogP contribution < -0.4 is 10.6 Å². The fourth-order valence-corrected chi connectivity index (χ4v) is 2.22. The molecule has 1 amide bonds. The Labute approximate surface area is 140 Å². The van der Waals surface area contributed by atoms with Crippen LogP contribution in [-0.4, -0.2) is 15.9 Å². The molecular weight excluding hydrogens is 300 g/mol. The molecule has 0 aliphatic heterocycles. The number of hydrogen-bond donors (Lipinski definition) is 2. The number of benzene rings is 2. The number of carbonyl (C=O) groups is 1. The van der Waals surface area contributed by atoms with E-state index in [1.165, 1.54) is 12.4 Å². The van der Waals surface area contributed by atoms with Gasteiger partial charge in [0.1, 0.15) is 0 Å². The number of nitrogens with one attached hydrogen (secondary N) is 2. The van der Waals surface area contributed by atoms with Gasteiger partial charge in [-0.2, -0.15) is 0 Å². The van der Waals surface area contributed by atoms with Crippen molar-refractivity contribution in [3.8, 4) is 0 Å². The third kappa shape index (κ3) is 3.95. The van der Waals surface area contributed by atoms with Crippen LogP contribution >= 0.6 is 0 Å². The number of nitrogens with zero attached hydrogens (tertiary/aromatic N) is 2. The topological polar surface area (TPSA) is 66.9 Å². The van der Waals surface area contributed by atoms with Gasteiger partial charge >= 0.3 is 0 Å². The molecule has 120 valence electrons. The first-order valence-electron chi connectivity index (χ1n) is 7.69. The van der Waals surface area contributed by atoms with Crippen molar-refractivity contribution in [3.63, 3.8) is 0 Å². The Hall–Kier alpha value is -3.21. The second-order valence-corrected chi connectivity index (χ2v) is 5.40. The zero-order valence-corrected chi connectivity index (χ0v) is 13.4. The Balaban J connectivity index is 1.61. The lowest BCUT2D eigenvalue weighted by atomic mass is 10.2. The van der Waals surface area contributed by atoms with Crippen molar-refractivity contribution in [1.82, 2.24) is 9.97 Å². The number of amides is 1. The van der Waals surface area contributed by atoms with Crippen molar-refractivity contribution < 1.29 is 4.79 Å². The molecule has 0 saturated carbocycles. The van der Waals surface area contributed by atoms with Gasteiger partial charge in [-0.05, 0) is 24.1 Å². The molecular formula is C19H18N4O. The maximum Gasteiger partial charge on any atom is 0.258 e. The van der Waals surface area contributed by atoms with E-state index in [2.05, 4.69) is 20.6 Å². The largest absolute Gasteiger partial charge is 0.350 e. The van der Waals surface area contributed by atoms with Crippen LogP contribution in [0.25, 0.3) is 0 Å². The molecule has 0 fully saturated rings. The van der Waals surface area contributed by atoms with E-state index in [1.54, 1.807) is 0 Å². The number of aryl methyl sites for hydroxylation is 1. The van der Waals surface area contributed by atoms with Crippen molar-refractivity contribution >= 4 is 17.5 Å². The lowest BCUT2D eigenvalue weighted by Crippen LogP contribution is -2.14. The molecule has 3 aromatic rings. The summed E-state index contributed by atoms with van der Waals surface area (Å²) in [6.07, 6.45) is 3.04. The highest BCUT2D eigenvalue weighted by molar-refractivity contribution is 6.04. The average molecular weight is 318 g/mol. The number of aromatic nitrogens is 2. The summed E-state index contributed by atoms with van der Waals surface area (Å²) in [7, 11) is 0. The van der Waals surface area contributed by atoms with Crippen LogP contribution in [0.15, 0.2) is 67.0 Å². The predicted octanol–water partition coefficient (Wildman–Crippen LogP) is 3.65. The maximum atomic E-state index is 12.2. The summed E-state index contributed by atoms with van der Waals surface area (Å²) < 4.78 is 0. The highest BCUT2D eigenvalue weighted by Crippen LogP contribution is 2.14. The number of rotatable bonds is 5. The molecule has 0 aliphatic carbocycles. The Kier molecular flexibility index (Phi) is 4.81. The first-order valence-corrected chi connectivity index (χ1v) is 7.69. The molecule has 0 bridgehead atoms. The quantitative estimate of drug-likeness (QED) is 0.753. The molecule has 0 spiro atoms. The smallest absolute Gasteiger partial charge is 0.258 e. The van der Waals surface area contributed by atoms with Gasteiger partial charge in [0.2, 0.25) is 5.95 Å². The fourth-order valence-electron chi connectivity index (χ4n) is 2.22. The van der Waals surface area contributed by atoms with Gasteiger partial charge in [0.15, 0.2) is 0 Å². The average Bonchev–Trinajstić information content (AvgIpc) is 2.63. The molecule has 5 nitrogen and oxygen atoms in total. The standard InChI is InChI=1S/C19H18N4O/c1-14-7-5-6-10-17(14)23-18(24)16-12-21-19(22-13-16)20-11-15-8-3-2-4-9-15/h2-10,12-13H,11H2,1H3,(H,23,24)(H,20,21,22). The van der Waals surface area contributed by atoms with Crippen molar-refractivity contribution in [2.24, 2.45) is 0 Å². The zero-order valence-electron chi connectivity index (χ0n) is 13.4. The Bertz CT molecular complexity index is 816. The second kappa shape index (κ2) is 7.37. The lowest BCUT2D eigenvalue weighted by molar-refractivity contribution is 0.102. The summed E-state index contributed by atoms with van der Waals surface area (Å²) in [5.41, 5.74) is 3.35. The van der Waals surface area contributed by atoms with Crippen molar-refractivity contribution in [2.75, 3.05) is 10.6 Å². The molecule has 0 radical (unpaired) electrons. The summed E-state index contributed by atoms with van der Waals surface area (Å²) in [5.74, 6) is 0.269. The SMILES string of the molecule is Cc1ccccc1NC(=O)c1cnc(NCc2ccccc2)nc1. The van der Waals surface area contributed by atoms with E-state index in [-0.39, 0.29) is 5.91 Å². The van der Waals surface area contributed by atoms with E-state index in [1.807, 2.05) is 61.5 Å².